The summed E-state index contributed by atoms with van der Waals surface area (Å²) >= 11 is 2.45. The van der Waals surface area contributed by atoms with E-state index in [0.29, 0.717) is 5.41 Å². The number of aliphatic hydroxyl groups is 1. The number of fused-ring (bicyclic) bond motifs is 4. The Morgan fingerprint density at radius 2 is 1.37 bits per heavy atom. The molecular formula is C35H49BrN12O. The number of halogens is 1. The van der Waals surface area contributed by atoms with Gasteiger partial charge in [-0.15, -0.1) is 5.01 Å². The summed E-state index contributed by atoms with van der Waals surface area (Å²) in [5.41, 5.74) is 2.45. The molecule has 13 nitrogen and oxygen atoms in total. The molecule has 0 aromatic carbocycles. The number of aromatic amines is 2. The maximum atomic E-state index is 7.38. The molecule has 4 aromatic rings. The number of nitrogens with zero attached hydrogens (tertiary/aromatic N) is 9. The van der Waals surface area contributed by atoms with Crippen LogP contribution >= 0.6 is 15.9 Å². The van der Waals surface area contributed by atoms with Crippen LogP contribution in [0.15, 0.2) is 37.2 Å². The summed E-state index contributed by atoms with van der Waals surface area (Å²) < 4.78 is 0. The topological polar surface area (TPSA) is 153 Å². The number of aliphatic hydroxyl groups excluding tert-OH is 1. The predicted octanol–water partition coefficient (Wildman–Crippen LogP) is 5.37. The van der Waals surface area contributed by atoms with E-state index in [9.17, 15) is 0 Å². The Bertz CT molecular complexity index is 1730. The highest BCUT2D eigenvalue weighted by Crippen LogP contribution is 2.46. The van der Waals surface area contributed by atoms with Crippen LogP contribution in [0, 0.1) is 39.5 Å². The van der Waals surface area contributed by atoms with E-state index in [1.807, 2.05) is 17.4 Å². The van der Waals surface area contributed by atoms with Gasteiger partial charge < -0.3 is 30.2 Å². The number of nitrogens with one attached hydrogen (secondary N) is 3. The summed E-state index contributed by atoms with van der Waals surface area (Å²) in [4.78, 5) is 34.3. The van der Waals surface area contributed by atoms with Crippen molar-refractivity contribution in [1.29, 1.82) is 5.26 Å². The fraction of sp³-hybridized carbons (Fsp3) is 0.600. The van der Waals surface area contributed by atoms with Crippen molar-refractivity contribution < 1.29 is 5.11 Å². The number of aromatic nitrogens is 6. The van der Waals surface area contributed by atoms with Gasteiger partial charge in [-0.3, -0.25) is 0 Å². The monoisotopic (exact) mass is 732 g/mol. The van der Waals surface area contributed by atoms with E-state index < -0.39 is 0 Å². The zero-order chi connectivity index (χ0) is 34.9. The van der Waals surface area contributed by atoms with E-state index in [0.717, 1.165) is 111 Å². The third-order valence-electron chi connectivity index (χ3n) is 11.4. The summed E-state index contributed by atoms with van der Waals surface area (Å²) in [6.45, 7) is 20.4. The van der Waals surface area contributed by atoms with E-state index in [1.54, 1.807) is 17.6 Å². The lowest BCUT2D eigenvalue weighted by Crippen LogP contribution is -2.57. The molecule has 4 atom stereocenters. The molecule has 49 heavy (non-hydrogen) atoms. The summed E-state index contributed by atoms with van der Waals surface area (Å²) in [5.74, 6) is 3.72. The second kappa shape index (κ2) is 16.6. The molecule has 0 radical (unpaired) electrons. The van der Waals surface area contributed by atoms with Crippen molar-refractivity contribution in [2.45, 2.75) is 52.4 Å². The van der Waals surface area contributed by atoms with E-state index in [2.05, 4.69) is 91.9 Å². The van der Waals surface area contributed by atoms with Crippen molar-refractivity contribution in [3.8, 4) is 4.98 Å². The first kappa shape index (κ1) is 36.3. The highest BCUT2D eigenvalue weighted by molar-refractivity contribution is 9.12. The Hall–Kier alpha value is -3.98. The molecule has 0 bridgehead atoms. The van der Waals surface area contributed by atoms with Crippen LogP contribution in [0.5, 0.6) is 0 Å². The molecule has 8 rings (SSSR count). The number of H-pyrrole nitrogens is 2. The molecule has 0 amide bonds. The summed E-state index contributed by atoms with van der Waals surface area (Å²) in [5, 5.41) is 22.0. The van der Waals surface area contributed by atoms with E-state index in [1.165, 1.54) is 32.2 Å². The normalized spacial score (nSPS) is 26.0. The van der Waals surface area contributed by atoms with Crippen LogP contribution in [0.2, 0.25) is 0 Å². The Balaban J connectivity index is 0.000000170. The molecule has 4 fully saturated rings. The van der Waals surface area contributed by atoms with Crippen molar-refractivity contribution in [1.82, 2.24) is 40.2 Å². The summed E-state index contributed by atoms with van der Waals surface area (Å²) in [6, 6.07) is 4.15. The Morgan fingerprint density at radius 1 is 0.857 bits per heavy atom. The first-order chi connectivity index (χ1) is 24.0. The van der Waals surface area contributed by atoms with Gasteiger partial charge in [0.2, 0.25) is 0 Å². The standard InChI is InChI=1S/C17H22N6.C16H23N5.CBrN.CH4O/c1-3-17-10-22(8-5-13(17)6-9-23(11-17)18-2)16-14-4-7-19-15(14)20-12-21-16;1-2-16-9-17-6-3-12(16)5-8-21(10-16)15-13-4-7-18-14(13)19-11-20-15;2-1-3;1-2/h4,7,12-13H,3,5-6,8-11H2,1H3,(H,19,20,21);4,7,11-12,17H,2-3,5-6,8-10H2,1H3,(H,18,19,20);;2H,1H3/t13-,17+;12-,16+;;/m10../s1. The highest BCUT2D eigenvalue weighted by atomic mass is 79.9. The zero-order valence-electron chi connectivity index (χ0n) is 28.9. The molecule has 262 valence electrons. The Kier molecular flexibility index (Phi) is 12.3. The van der Waals surface area contributed by atoms with Crippen LogP contribution in [-0.4, -0.2) is 99.5 Å². The largest absolute Gasteiger partial charge is 0.400 e. The smallest absolute Gasteiger partial charge is 0.142 e. The van der Waals surface area contributed by atoms with E-state index in [4.69, 9.17) is 16.9 Å². The van der Waals surface area contributed by atoms with Gasteiger partial charge in [0.25, 0.3) is 0 Å². The van der Waals surface area contributed by atoms with Gasteiger partial charge >= 0.3 is 0 Å². The van der Waals surface area contributed by atoms with Gasteiger partial charge in [-0.05, 0) is 69.0 Å². The minimum atomic E-state index is 0.203. The minimum absolute atomic E-state index is 0.203. The second-order valence-electron chi connectivity index (χ2n) is 13.4. The molecule has 4 saturated heterocycles. The minimum Gasteiger partial charge on any atom is -0.400 e. The fourth-order valence-electron chi connectivity index (χ4n) is 8.76. The average Bonchev–Trinajstić information content (AvgIpc) is 3.86. The first-order valence-electron chi connectivity index (χ1n) is 17.3. The third-order valence-corrected chi connectivity index (χ3v) is 11.4. The number of hydrogen-bond donors (Lipinski definition) is 4. The van der Waals surface area contributed by atoms with Gasteiger partial charge in [-0.2, -0.15) is 16.8 Å². The highest BCUT2D eigenvalue weighted by Gasteiger charge is 2.48. The van der Waals surface area contributed by atoms with Crippen molar-refractivity contribution in [3.63, 3.8) is 0 Å². The molecule has 0 aliphatic carbocycles. The van der Waals surface area contributed by atoms with Gasteiger partial charge in [-0.1, -0.05) is 13.8 Å². The lowest BCUT2D eigenvalue weighted by atomic mass is 9.65. The fourth-order valence-corrected chi connectivity index (χ4v) is 8.76. The maximum absolute atomic E-state index is 7.38. The molecule has 14 heteroatoms. The number of rotatable bonds is 4. The SMILES string of the molecule is CC[C@]12CNCC[C@H]1CCN(c1ncnc3[nH]ccc13)C2.CO.N#CBr.[C-]#[N+]N1CC[C@H]2CCN(c3ncnc4[nH]ccc34)C[C@@]2(CC)C1. The molecule has 8 heterocycles. The third kappa shape index (κ3) is 7.47. The predicted molar refractivity (Wildman–Crippen MR) is 197 cm³/mol. The Labute approximate surface area is 297 Å². The van der Waals surface area contributed by atoms with Gasteiger partial charge in [0.15, 0.2) is 0 Å². The maximum Gasteiger partial charge on any atom is 0.142 e. The van der Waals surface area contributed by atoms with Gasteiger partial charge in [0.1, 0.15) is 40.6 Å². The lowest BCUT2D eigenvalue weighted by Gasteiger charge is -2.51. The van der Waals surface area contributed by atoms with E-state index >= 15 is 0 Å². The molecule has 4 aliphatic rings. The van der Waals surface area contributed by atoms with Crippen molar-refractivity contribution >= 4 is 49.6 Å². The van der Waals surface area contributed by atoms with Crippen molar-refractivity contribution in [3.05, 3.63) is 48.7 Å². The average molecular weight is 734 g/mol. The quantitative estimate of drug-likeness (QED) is 0.202. The molecule has 0 spiro atoms. The molecule has 4 aromatic heterocycles. The van der Waals surface area contributed by atoms with Gasteiger partial charge in [0, 0.05) is 79.0 Å². The second-order valence-corrected chi connectivity index (χ2v) is 13.8. The van der Waals surface area contributed by atoms with Crippen molar-refractivity contribution in [2.75, 3.05) is 69.3 Å². The molecule has 0 unspecified atom stereocenters. The molecule has 0 saturated carbocycles. The van der Waals surface area contributed by atoms with Crippen LogP contribution in [0.3, 0.4) is 0 Å². The zero-order valence-corrected chi connectivity index (χ0v) is 30.5. The number of hydrogen-bond acceptors (Lipinski definition) is 10. The van der Waals surface area contributed by atoms with Crippen LogP contribution in [0.25, 0.3) is 27.0 Å². The number of piperidine rings is 4. The summed E-state index contributed by atoms with van der Waals surface area (Å²) in [7, 11) is 1.00. The van der Waals surface area contributed by atoms with E-state index in [-0.39, 0.29) is 5.41 Å². The number of nitriles is 1. The van der Waals surface area contributed by atoms with Gasteiger partial charge in [-0.25, -0.2) is 19.9 Å². The molecule has 4 N–H and O–H groups in total. The Morgan fingerprint density at radius 3 is 1.90 bits per heavy atom. The van der Waals surface area contributed by atoms with Crippen molar-refractivity contribution in [2.24, 2.45) is 22.7 Å². The first-order valence-corrected chi connectivity index (χ1v) is 18.1. The lowest BCUT2D eigenvalue weighted by molar-refractivity contribution is 0.0309. The van der Waals surface area contributed by atoms with Crippen LogP contribution in [-0.2, 0) is 0 Å². The van der Waals surface area contributed by atoms with Crippen LogP contribution < -0.4 is 15.1 Å². The van der Waals surface area contributed by atoms with Crippen LogP contribution in [0.1, 0.15) is 52.4 Å². The number of anilines is 2. The summed E-state index contributed by atoms with van der Waals surface area (Å²) in [6.07, 6.45) is 14.5. The van der Waals surface area contributed by atoms with Gasteiger partial charge in [0.05, 0.1) is 23.9 Å². The van der Waals surface area contributed by atoms with Crippen LogP contribution in [0.4, 0.5) is 11.6 Å². The molecule has 4 aliphatic heterocycles. The molecular weight excluding hydrogens is 684 g/mol.